The number of hydrogen-bond donors (Lipinski definition) is 5. The number of carbonyl (C=O) groups is 1. The molecule has 0 aliphatic carbocycles. The highest BCUT2D eigenvalue weighted by molar-refractivity contribution is 5.77. The summed E-state index contributed by atoms with van der Waals surface area (Å²) in [5, 5.41) is 31.8. The zero-order chi connectivity index (χ0) is 19.0. The Hall–Kier alpha value is -2.54. The second kappa shape index (κ2) is 6.99. The normalized spacial score (nSPS) is 25.7. The van der Waals surface area contributed by atoms with Crippen molar-refractivity contribution in [2.24, 2.45) is 0 Å². The molecule has 1 aliphatic heterocycles. The maximum atomic E-state index is 12.6. The molecule has 0 aromatic carbocycles. The molecule has 12 nitrogen and oxygen atoms in total. The van der Waals surface area contributed by atoms with Crippen molar-refractivity contribution in [1.29, 1.82) is 0 Å². The van der Waals surface area contributed by atoms with Crippen molar-refractivity contribution in [3.05, 3.63) is 16.7 Å². The largest absolute Gasteiger partial charge is 0.394 e. The number of amides is 1. The van der Waals surface area contributed by atoms with Gasteiger partial charge in [0.05, 0.1) is 12.9 Å². The summed E-state index contributed by atoms with van der Waals surface area (Å²) in [6.45, 7) is 1.36. The van der Waals surface area contributed by atoms with Crippen LogP contribution in [-0.4, -0.2) is 71.8 Å². The first-order valence-electron chi connectivity index (χ1n) is 8.01. The summed E-state index contributed by atoms with van der Waals surface area (Å²) in [6, 6.07) is 0. The Labute approximate surface area is 146 Å². The molecule has 0 radical (unpaired) electrons. The van der Waals surface area contributed by atoms with E-state index >= 15 is 0 Å². The summed E-state index contributed by atoms with van der Waals surface area (Å²) in [5.41, 5.74) is 5.16. The van der Waals surface area contributed by atoms with Crippen LogP contribution in [0.5, 0.6) is 0 Å². The summed E-state index contributed by atoms with van der Waals surface area (Å²) >= 11 is 0. The van der Waals surface area contributed by atoms with Gasteiger partial charge in [0.2, 0.25) is 11.9 Å². The molecule has 6 N–H and O–H groups in total. The second-order valence-corrected chi connectivity index (χ2v) is 5.87. The third-order valence-electron chi connectivity index (χ3n) is 4.18. The van der Waals surface area contributed by atoms with Crippen LogP contribution >= 0.6 is 0 Å². The minimum absolute atomic E-state index is 0.0366. The van der Waals surface area contributed by atoms with E-state index in [1.165, 1.54) is 10.9 Å². The molecular weight excluding hydrogens is 348 g/mol. The van der Waals surface area contributed by atoms with Gasteiger partial charge in [-0.05, 0) is 6.92 Å². The number of aromatic nitrogens is 4. The third kappa shape index (κ3) is 2.92. The van der Waals surface area contributed by atoms with Crippen LogP contribution in [0.3, 0.4) is 0 Å². The predicted octanol–water partition coefficient (Wildman–Crippen LogP) is -3.08. The van der Waals surface area contributed by atoms with Crippen molar-refractivity contribution in [2.45, 2.75) is 38.0 Å². The topological polar surface area (TPSA) is 178 Å². The molecule has 1 saturated heterocycles. The number of anilines is 1. The van der Waals surface area contributed by atoms with Crippen molar-refractivity contribution in [3.8, 4) is 0 Å². The van der Waals surface area contributed by atoms with Crippen LogP contribution in [0.1, 0.15) is 13.2 Å². The Morgan fingerprint density at radius 1 is 1.42 bits per heavy atom. The molecule has 3 heterocycles. The number of rotatable bonds is 5. The molecule has 4 atom stereocenters. The monoisotopic (exact) mass is 368 g/mol. The van der Waals surface area contributed by atoms with Gasteiger partial charge in [-0.15, -0.1) is 0 Å². The number of nitrogens with two attached hydrogens (primary N) is 1. The highest BCUT2D eigenvalue weighted by Crippen LogP contribution is 2.30. The van der Waals surface area contributed by atoms with Gasteiger partial charge in [-0.2, -0.15) is 4.98 Å². The molecule has 0 spiro atoms. The maximum absolute atomic E-state index is 12.6. The van der Waals surface area contributed by atoms with Gasteiger partial charge in [-0.3, -0.25) is 18.7 Å². The molecule has 12 heteroatoms. The fourth-order valence-electron chi connectivity index (χ4n) is 2.86. The molecule has 142 valence electrons. The van der Waals surface area contributed by atoms with E-state index < -0.39 is 42.6 Å². The third-order valence-corrected chi connectivity index (χ3v) is 4.18. The van der Waals surface area contributed by atoms with E-state index in [2.05, 4.69) is 15.3 Å². The number of nitrogen functional groups attached to an aromatic ring is 1. The van der Waals surface area contributed by atoms with Crippen molar-refractivity contribution in [1.82, 2.24) is 24.4 Å². The van der Waals surface area contributed by atoms with Crippen LogP contribution in [0, 0.1) is 0 Å². The Kier molecular flexibility index (Phi) is 4.91. The SMILES string of the molecule is CCNC(=O)Cn1c(N)nc2c(ncn2[C@@H]2O[C@H](CO)[C@@H](O)[C@H]2O)c1=O. The number of nitrogens with one attached hydrogen (secondary N) is 1. The van der Waals surface area contributed by atoms with Gasteiger partial charge in [0.1, 0.15) is 24.9 Å². The van der Waals surface area contributed by atoms with E-state index in [1.54, 1.807) is 6.92 Å². The number of ether oxygens (including phenoxy) is 1. The fraction of sp³-hybridized carbons (Fsp3) is 0.571. The molecule has 1 fully saturated rings. The molecule has 2 aromatic rings. The first-order valence-corrected chi connectivity index (χ1v) is 8.01. The van der Waals surface area contributed by atoms with Crippen LogP contribution < -0.4 is 16.6 Å². The zero-order valence-electron chi connectivity index (χ0n) is 13.9. The number of likely N-dealkylation sites (N-methyl/N-ethyl adjacent to an activating group) is 1. The summed E-state index contributed by atoms with van der Waals surface area (Å²) in [7, 11) is 0. The van der Waals surface area contributed by atoms with Crippen molar-refractivity contribution >= 4 is 23.0 Å². The van der Waals surface area contributed by atoms with E-state index in [0.29, 0.717) is 6.54 Å². The molecule has 2 aromatic heterocycles. The number of hydrogen-bond acceptors (Lipinski definition) is 9. The summed E-state index contributed by atoms with van der Waals surface area (Å²) < 4.78 is 7.66. The fourth-order valence-corrected chi connectivity index (χ4v) is 2.86. The second-order valence-electron chi connectivity index (χ2n) is 5.87. The molecule has 0 saturated carbocycles. The lowest BCUT2D eigenvalue weighted by molar-refractivity contribution is -0.121. The Bertz CT molecular complexity index is 879. The van der Waals surface area contributed by atoms with Gasteiger partial charge in [0.25, 0.3) is 5.56 Å². The maximum Gasteiger partial charge on any atom is 0.283 e. The molecule has 1 amide bonds. The van der Waals surface area contributed by atoms with Crippen LogP contribution in [0.4, 0.5) is 5.95 Å². The van der Waals surface area contributed by atoms with E-state index in [1.807, 2.05) is 0 Å². The first kappa shape index (κ1) is 18.3. The smallest absolute Gasteiger partial charge is 0.283 e. The summed E-state index contributed by atoms with van der Waals surface area (Å²) in [6.07, 6.45) is -3.53. The van der Waals surface area contributed by atoms with Gasteiger partial charge in [-0.1, -0.05) is 0 Å². The number of fused-ring (bicyclic) bond motifs is 1. The van der Waals surface area contributed by atoms with Crippen molar-refractivity contribution in [3.63, 3.8) is 0 Å². The average Bonchev–Trinajstić information content (AvgIpc) is 3.14. The van der Waals surface area contributed by atoms with Gasteiger partial charge in [0.15, 0.2) is 17.4 Å². The molecule has 3 rings (SSSR count). The zero-order valence-corrected chi connectivity index (χ0v) is 13.9. The minimum Gasteiger partial charge on any atom is -0.394 e. The lowest BCUT2D eigenvalue weighted by Gasteiger charge is -2.17. The number of imidazole rings is 1. The van der Waals surface area contributed by atoms with Gasteiger partial charge in [-0.25, -0.2) is 4.98 Å². The van der Waals surface area contributed by atoms with Crippen LogP contribution in [-0.2, 0) is 16.1 Å². The highest BCUT2D eigenvalue weighted by Gasteiger charge is 2.44. The van der Waals surface area contributed by atoms with Gasteiger partial charge >= 0.3 is 0 Å². The number of aliphatic hydroxyl groups is 3. The average molecular weight is 368 g/mol. The number of aliphatic hydroxyl groups excluding tert-OH is 3. The van der Waals surface area contributed by atoms with Crippen LogP contribution in [0.2, 0.25) is 0 Å². The summed E-state index contributed by atoms with van der Waals surface area (Å²) in [5.74, 6) is -0.604. The van der Waals surface area contributed by atoms with Crippen molar-refractivity contribution < 1.29 is 24.9 Å². The Balaban J connectivity index is 2.01. The van der Waals surface area contributed by atoms with Crippen LogP contribution in [0.25, 0.3) is 11.2 Å². The lowest BCUT2D eigenvalue weighted by Crippen LogP contribution is -2.34. The molecule has 0 unspecified atom stereocenters. The quantitative estimate of drug-likeness (QED) is 0.366. The van der Waals surface area contributed by atoms with Gasteiger partial charge in [0, 0.05) is 6.54 Å². The molecule has 26 heavy (non-hydrogen) atoms. The van der Waals surface area contributed by atoms with Crippen molar-refractivity contribution in [2.75, 3.05) is 18.9 Å². The van der Waals surface area contributed by atoms with E-state index in [0.717, 1.165) is 4.57 Å². The van der Waals surface area contributed by atoms with E-state index in [9.17, 15) is 24.9 Å². The minimum atomic E-state index is -1.36. The highest BCUT2D eigenvalue weighted by atomic mass is 16.6. The van der Waals surface area contributed by atoms with Crippen LogP contribution in [0.15, 0.2) is 11.1 Å². The summed E-state index contributed by atoms with van der Waals surface area (Å²) in [4.78, 5) is 32.4. The number of carbonyl (C=O) groups excluding carboxylic acids is 1. The predicted molar refractivity (Wildman–Crippen MR) is 87.9 cm³/mol. The van der Waals surface area contributed by atoms with E-state index in [4.69, 9.17) is 10.5 Å². The first-order chi connectivity index (χ1) is 12.4. The molecule has 0 bridgehead atoms. The lowest BCUT2D eigenvalue weighted by atomic mass is 10.1. The standard InChI is InChI=1S/C14H20N6O6/c1-2-16-7(22)3-19-12(25)8-11(18-14(19)15)20(5-17-8)13-10(24)9(23)6(4-21)26-13/h5-6,9-10,13,21,23-24H,2-4H2,1H3,(H2,15,18)(H,16,22)/t6-,9-,10-,13-/m1/s1. The Morgan fingerprint density at radius 2 is 2.15 bits per heavy atom. The number of nitrogens with zero attached hydrogens (tertiary/aromatic N) is 4. The van der Waals surface area contributed by atoms with Gasteiger partial charge < -0.3 is 31.1 Å². The van der Waals surface area contributed by atoms with E-state index in [-0.39, 0.29) is 23.7 Å². The Morgan fingerprint density at radius 3 is 2.77 bits per heavy atom. The molecular formula is C14H20N6O6. The molecule has 1 aliphatic rings.